The molecule has 0 spiro atoms. The van der Waals surface area contributed by atoms with Crippen LogP contribution >= 0.6 is 0 Å². The van der Waals surface area contributed by atoms with Crippen molar-refractivity contribution < 1.29 is 19.2 Å². The molecular weight excluding hydrogens is 556 g/mol. The third-order valence-electron chi connectivity index (χ3n) is 7.01. The van der Waals surface area contributed by atoms with Crippen molar-refractivity contribution in [3.63, 3.8) is 0 Å². The Kier molecular flexibility index (Phi) is 13.6. The van der Waals surface area contributed by atoms with E-state index in [1.165, 1.54) is 6.92 Å². The minimum absolute atomic E-state index is 0.000617. The highest BCUT2D eigenvalue weighted by molar-refractivity contribution is 5.95. The van der Waals surface area contributed by atoms with Crippen molar-refractivity contribution in [2.45, 2.75) is 63.6 Å². The Morgan fingerprint density at radius 2 is 1.09 bits per heavy atom. The van der Waals surface area contributed by atoms with Gasteiger partial charge in [0.05, 0.1) is 6.04 Å². The summed E-state index contributed by atoms with van der Waals surface area (Å²) in [6.45, 7) is 1.75. The van der Waals surface area contributed by atoms with Gasteiger partial charge in [-0.05, 0) is 36.0 Å². The first-order valence-corrected chi connectivity index (χ1v) is 14.8. The number of hydrogen-bond donors (Lipinski definition) is 5. The van der Waals surface area contributed by atoms with Crippen molar-refractivity contribution in [1.82, 2.24) is 16.0 Å². The van der Waals surface area contributed by atoms with Gasteiger partial charge >= 0.3 is 0 Å². The molecule has 0 heterocycles. The first-order chi connectivity index (χ1) is 21.2. The highest BCUT2D eigenvalue weighted by atomic mass is 16.2. The number of rotatable bonds is 17. The van der Waals surface area contributed by atoms with Gasteiger partial charge in [0.2, 0.25) is 17.7 Å². The Labute approximate surface area is 258 Å². The quantitative estimate of drug-likeness (QED) is 0.0907. The van der Waals surface area contributed by atoms with Gasteiger partial charge in [0.1, 0.15) is 12.1 Å². The fourth-order valence-corrected chi connectivity index (χ4v) is 4.81. The van der Waals surface area contributed by atoms with E-state index in [1.54, 1.807) is 0 Å². The van der Waals surface area contributed by atoms with Crippen molar-refractivity contribution in [2.24, 2.45) is 16.5 Å². The second kappa shape index (κ2) is 17.8. The van der Waals surface area contributed by atoms with E-state index in [0.717, 1.165) is 16.7 Å². The van der Waals surface area contributed by atoms with Crippen LogP contribution in [0.2, 0.25) is 0 Å². The predicted molar refractivity (Wildman–Crippen MR) is 171 cm³/mol. The van der Waals surface area contributed by atoms with Crippen LogP contribution in [0.4, 0.5) is 0 Å². The molecule has 0 unspecified atom stereocenters. The highest BCUT2D eigenvalue weighted by Crippen LogP contribution is 2.11. The van der Waals surface area contributed by atoms with Crippen LogP contribution in [0.3, 0.4) is 0 Å². The predicted octanol–water partition coefficient (Wildman–Crippen LogP) is 2.20. The van der Waals surface area contributed by atoms with Crippen LogP contribution in [0.15, 0.2) is 96.0 Å². The minimum Gasteiger partial charge on any atom is -0.370 e. The molecule has 10 nitrogen and oxygen atoms in total. The Balaban J connectivity index is 1.80. The molecule has 0 bridgehead atoms. The van der Waals surface area contributed by atoms with E-state index in [0.29, 0.717) is 25.8 Å². The Morgan fingerprint density at radius 3 is 1.57 bits per heavy atom. The molecule has 0 aliphatic heterocycles. The molecule has 44 heavy (non-hydrogen) atoms. The zero-order chi connectivity index (χ0) is 31.7. The van der Waals surface area contributed by atoms with Crippen molar-refractivity contribution in [3.8, 4) is 0 Å². The lowest BCUT2D eigenvalue weighted by Crippen LogP contribution is -2.56. The Morgan fingerprint density at radius 1 is 0.636 bits per heavy atom. The van der Waals surface area contributed by atoms with Crippen LogP contribution in [0.25, 0.3) is 0 Å². The molecule has 7 N–H and O–H groups in total. The third-order valence-corrected chi connectivity index (χ3v) is 7.01. The van der Waals surface area contributed by atoms with Crippen LogP contribution in [-0.4, -0.2) is 54.1 Å². The van der Waals surface area contributed by atoms with E-state index in [-0.39, 0.29) is 36.9 Å². The maximum atomic E-state index is 13.8. The van der Waals surface area contributed by atoms with Crippen LogP contribution in [0.1, 0.15) is 42.9 Å². The summed E-state index contributed by atoms with van der Waals surface area (Å²) in [5.74, 6) is -1.49. The third kappa shape index (κ3) is 12.1. The molecule has 0 aliphatic carbocycles. The molecule has 3 rings (SSSR count). The summed E-state index contributed by atoms with van der Waals surface area (Å²) in [6.07, 6.45) is 2.20. The maximum absolute atomic E-state index is 13.8. The molecule has 0 fully saturated rings. The zero-order valence-electron chi connectivity index (χ0n) is 25.1. The van der Waals surface area contributed by atoms with Crippen molar-refractivity contribution >= 4 is 29.5 Å². The molecule has 10 heteroatoms. The number of hydrogen-bond acceptors (Lipinski definition) is 5. The maximum Gasteiger partial charge on any atom is 0.243 e. The molecule has 0 saturated heterocycles. The van der Waals surface area contributed by atoms with Gasteiger partial charge in [-0.15, -0.1) is 0 Å². The largest absolute Gasteiger partial charge is 0.370 e. The second-order valence-electron chi connectivity index (χ2n) is 10.7. The normalized spacial score (nSPS) is 12.7. The highest BCUT2D eigenvalue weighted by Gasteiger charge is 2.29. The lowest BCUT2D eigenvalue weighted by molar-refractivity contribution is -0.133. The number of guanidine groups is 1. The monoisotopic (exact) mass is 598 g/mol. The molecule has 3 aromatic rings. The number of unbranched alkanes of at least 4 members (excludes halogenated alkanes) is 1. The van der Waals surface area contributed by atoms with Crippen LogP contribution in [-0.2, 0) is 38.4 Å². The van der Waals surface area contributed by atoms with Crippen LogP contribution < -0.4 is 27.4 Å². The van der Waals surface area contributed by atoms with Gasteiger partial charge in [0, 0.05) is 32.7 Å². The van der Waals surface area contributed by atoms with E-state index in [2.05, 4.69) is 20.9 Å². The number of ketones is 1. The van der Waals surface area contributed by atoms with Crippen molar-refractivity contribution in [2.75, 3.05) is 6.54 Å². The zero-order valence-corrected chi connectivity index (χ0v) is 25.1. The van der Waals surface area contributed by atoms with Gasteiger partial charge in [0.15, 0.2) is 11.7 Å². The number of benzene rings is 3. The number of nitrogens with one attached hydrogen (secondary N) is 3. The number of Topliss-reactive ketones (excluding diaryl/α,β-unsaturated/α-hetero) is 1. The Hall–Kier alpha value is -4.99. The fourth-order valence-electron chi connectivity index (χ4n) is 4.81. The fraction of sp³-hybridized carbons (Fsp3) is 0.324. The van der Waals surface area contributed by atoms with Crippen molar-refractivity contribution in [3.05, 3.63) is 108 Å². The average molecular weight is 599 g/mol. The molecule has 0 aromatic heterocycles. The van der Waals surface area contributed by atoms with Gasteiger partial charge in [0.25, 0.3) is 0 Å². The lowest BCUT2D eigenvalue weighted by Gasteiger charge is -2.25. The van der Waals surface area contributed by atoms with E-state index in [9.17, 15) is 19.2 Å². The summed E-state index contributed by atoms with van der Waals surface area (Å²) in [5.41, 5.74) is 13.4. The summed E-state index contributed by atoms with van der Waals surface area (Å²) in [4.78, 5) is 56.8. The summed E-state index contributed by atoms with van der Waals surface area (Å²) in [5, 5.41) is 8.47. The standard InChI is InChI=1S/C34H42N6O4/c1-24(41)38-29(21-25-13-5-2-6-14-25)32(43)40-30(22-26-15-7-3-8-16-26)33(44)39-28(19-11-12-20-37-34(35)36)31(42)23-27-17-9-4-10-18-27/h2-10,13-18,28-30H,11-12,19-23H2,1H3,(H,38,41)(H,39,44)(H,40,43)(H4,35,36,37)/t28-,29-,30-/m0/s1. The van der Waals surface area contributed by atoms with E-state index < -0.39 is 29.9 Å². The molecule has 0 saturated carbocycles. The first-order valence-electron chi connectivity index (χ1n) is 14.8. The van der Waals surface area contributed by atoms with Gasteiger partial charge in [-0.1, -0.05) is 91.0 Å². The number of aliphatic imine (C=N–C) groups is 1. The van der Waals surface area contributed by atoms with Crippen LogP contribution in [0.5, 0.6) is 0 Å². The SMILES string of the molecule is CC(=O)N[C@@H](Cc1ccccc1)C(=O)N[C@@H](Cc1ccccc1)C(=O)N[C@@H](CCCCN=C(N)N)C(=O)Cc1ccccc1. The van der Waals surface area contributed by atoms with Gasteiger partial charge in [-0.25, -0.2) is 0 Å². The van der Waals surface area contributed by atoms with E-state index in [4.69, 9.17) is 11.5 Å². The molecule has 232 valence electrons. The summed E-state index contributed by atoms with van der Waals surface area (Å²) in [7, 11) is 0. The number of nitrogens with zero attached hydrogens (tertiary/aromatic N) is 1. The molecule has 3 aromatic carbocycles. The molecule has 0 aliphatic rings. The van der Waals surface area contributed by atoms with Gasteiger partial charge < -0.3 is 27.4 Å². The number of carbonyl (C=O) groups excluding carboxylic acids is 4. The van der Waals surface area contributed by atoms with Crippen molar-refractivity contribution in [1.29, 1.82) is 0 Å². The number of nitrogens with two attached hydrogens (primary N) is 2. The van der Waals surface area contributed by atoms with Gasteiger partial charge in [-0.2, -0.15) is 0 Å². The van der Waals surface area contributed by atoms with E-state index in [1.807, 2.05) is 91.0 Å². The van der Waals surface area contributed by atoms with Gasteiger partial charge in [-0.3, -0.25) is 24.2 Å². The Bertz CT molecular complexity index is 1380. The van der Waals surface area contributed by atoms with E-state index >= 15 is 0 Å². The average Bonchev–Trinajstić information content (AvgIpc) is 3.00. The second-order valence-corrected chi connectivity index (χ2v) is 10.7. The molecule has 3 atom stereocenters. The summed E-state index contributed by atoms with van der Waals surface area (Å²) in [6, 6.07) is 25.3. The molecular formula is C34H42N6O4. The molecule has 0 radical (unpaired) electrons. The lowest BCUT2D eigenvalue weighted by atomic mass is 9.98. The summed E-state index contributed by atoms with van der Waals surface area (Å²) < 4.78 is 0. The molecule has 3 amide bonds. The number of amides is 3. The topological polar surface area (TPSA) is 169 Å². The summed E-state index contributed by atoms with van der Waals surface area (Å²) >= 11 is 0. The minimum atomic E-state index is -0.995. The number of carbonyl (C=O) groups is 4. The van der Waals surface area contributed by atoms with Crippen LogP contribution in [0, 0.1) is 0 Å². The smallest absolute Gasteiger partial charge is 0.243 e. The first kappa shape index (κ1) is 33.5.